The summed E-state index contributed by atoms with van der Waals surface area (Å²) in [5.74, 6) is 1.56. The van der Waals surface area contributed by atoms with E-state index in [4.69, 9.17) is 8.83 Å². The Bertz CT molecular complexity index is 702. The summed E-state index contributed by atoms with van der Waals surface area (Å²) in [5.41, 5.74) is 1.55. The van der Waals surface area contributed by atoms with Gasteiger partial charge in [-0.15, -0.1) is 0 Å². The maximum absolute atomic E-state index is 13.3. The van der Waals surface area contributed by atoms with Gasteiger partial charge in [-0.05, 0) is 56.4 Å². The van der Waals surface area contributed by atoms with Crippen molar-refractivity contribution in [1.29, 1.82) is 0 Å². The van der Waals surface area contributed by atoms with Crippen LogP contribution in [-0.2, 0) is 0 Å². The van der Waals surface area contributed by atoms with E-state index in [1.165, 1.54) is 6.92 Å². The Balaban J connectivity index is 1.82. The molecule has 2 aromatic heterocycles. The molecule has 126 valence electrons. The largest absolute Gasteiger partial charge is 0.466 e. The van der Waals surface area contributed by atoms with E-state index < -0.39 is 18.4 Å². The fourth-order valence-electron chi connectivity index (χ4n) is 3.31. The first-order chi connectivity index (χ1) is 10.7. The molecule has 0 radical (unpaired) electrons. The fraction of sp³-hybridized carbons (Fsp3) is 0.556. The molecule has 3 rings (SSSR count). The van der Waals surface area contributed by atoms with Gasteiger partial charge < -0.3 is 19.0 Å². The van der Waals surface area contributed by atoms with Gasteiger partial charge in [0.25, 0.3) is 0 Å². The summed E-state index contributed by atoms with van der Waals surface area (Å²) in [4.78, 5) is 0. The standard InChI is InChI=1S/C18H23FO4/c1-9-5-15(22-8-9)17(21)18(4)7-13(18)12-6-14(23-11(12)3)16(20)10(2)19/h5-6,8,10,13,16-17,20-21H,7H2,1-4H3. The van der Waals surface area contributed by atoms with Crippen LogP contribution >= 0.6 is 0 Å². The SMILES string of the molecule is Cc1coc(C(O)C2(C)CC2c2cc(C(O)C(C)F)oc2C)c1. The summed E-state index contributed by atoms with van der Waals surface area (Å²) >= 11 is 0. The molecule has 1 saturated carbocycles. The number of hydrogen-bond acceptors (Lipinski definition) is 4. The van der Waals surface area contributed by atoms with Crippen molar-refractivity contribution >= 4 is 0 Å². The second kappa shape index (κ2) is 5.49. The Labute approximate surface area is 134 Å². The van der Waals surface area contributed by atoms with Crippen LogP contribution in [0, 0.1) is 19.3 Å². The minimum atomic E-state index is -1.39. The molecule has 0 spiro atoms. The molecule has 5 atom stereocenters. The molecule has 0 aromatic carbocycles. The number of aryl methyl sites for hydroxylation is 2. The Morgan fingerprint density at radius 1 is 1.26 bits per heavy atom. The normalized spacial score (nSPS) is 27.7. The van der Waals surface area contributed by atoms with Gasteiger partial charge in [-0.1, -0.05) is 6.92 Å². The molecule has 0 bridgehead atoms. The number of aliphatic hydroxyl groups is 2. The smallest absolute Gasteiger partial charge is 0.142 e. The molecule has 1 aliphatic rings. The number of halogens is 1. The van der Waals surface area contributed by atoms with E-state index in [0.29, 0.717) is 11.5 Å². The number of rotatable bonds is 5. The predicted molar refractivity (Wildman–Crippen MR) is 82.8 cm³/mol. The van der Waals surface area contributed by atoms with Gasteiger partial charge in [0.1, 0.15) is 35.7 Å². The van der Waals surface area contributed by atoms with Gasteiger partial charge in [0, 0.05) is 5.41 Å². The van der Waals surface area contributed by atoms with Crippen molar-refractivity contribution in [3.05, 3.63) is 46.8 Å². The van der Waals surface area contributed by atoms with Crippen LogP contribution in [0.5, 0.6) is 0 Å². The van der Waals surface area contributed by atoms with Crippen LogP contribution in [0.25, 0.3) is 0 Å². The molecule has 5 heteroatoms. The van der Waals surface area contributed by atoms with Crippen molar-refractivity contribution in [3.63, 3.8) is 0 Å². The number of hydrogen-bond donors (Lipinski definition) is 2. The third-order valence-electron chi connectivity index (χ3n) is 5.00. The molecule has 2 N–H and O–H groups in total. The third-order valence-corrected chi connectivity index (χ3v) is 5.00. The molecule has 1 aliphatic carbocycles. The molecule has 23 heavy (non-hydrogen) atoms. The molecule has 2 aromatic rings. The number of alkyl halides is 1. The number of aliphatic hydroxyl groups excluding tert-OH is 2. The molecular weight excluding hydrogens is 299 g/mol. The molecule has 0 aliphatic heterocycles. The lowest BCUT2D eigenvalue weighted by Gasteiger charge is -2.17. The van der Waals surface area contributed by atoms with Crippen LogP contribution in [0.15, 0.2) is 27.2 Å². The van der Waals surface area contributed by atoms with Crippen LogP contribution in [0.3, 0.4) is 0 Å². The molecule has 4 nitrogen and oxygen atoms in total. The minimum absolute atomic E-state index is 0.0996. The highest BCUT2D eigenvalue weighted by atomic mass is 19.1. The molecule has 0 saturated heterocycles. The van der Waals surface area contributed by atoms with Crippen LogP contribution < -0.4 is 0 Å². The lowest BCUT2D eigenvalue weighted by molar-refractivity contribution is 0.0683. The first-order valence-corrected chi connectivity index (χ1v) is 7.89. The van der Waals surface area contributed by atoms with Crippen molar-refractivity contribution in [2.75, 3.05) is 0 Å². The van der Waals surface area contributed by atoms with Crippen molar-refractivity contribution in [2.45, 2.75) is 58.4 Å². The van der Waals surface area contributed by atoms with Gasteiger partial charge in [-0.2, -0.15) is 0 Å². The van der Waals surface area contributed by atoms with E-state index in [9.17, 15) is 14.6 Å². The first kappa shape index (κ1) is 16.3. The van der Waals surface area contributed by atoms with Crippen LogP contribution in [-0.4, -0.2) is 16.4 Å². The Morgan fingerprint density at radius 3 is 2.52 bits per heavy atom. The second-order valence-corrected chi connectivity index (χ2v) is 6.97. The van der Waals surface area contributed by atoms with E-state index in [1.54, 1.807) is 19.3 Å². The lowest BCUT2D eigenvalue weighted by Crippen LogP contribution is -2.11. The zero-order valence-corrected chi connectivity index (χ0v) is 13.8. The maximum Gasteiger partial charge on any atom is 0.142 e. The van der Waals surface area contributed by atoms with Gasteiger partial charge in [0.15, 0.2) is 0 Å². The molecule has 2 heterocycles. The molecule has 0 amide bonds. The van der Waals surface area contributed by atoms with Crippen molar-refractivity contribution in [2.24, 2.45) is 5.41 Å². The summed E-state index contributed by atoms with van der Waals surface area (Å²) in [7, 11) is 0. The Kier molecular flexibility index (Phi) is 3.89. The highest BCUT2D eigenvalue weighted by Crippen LogP contribution is 2.66. The first-order valence-electron chi connectivity index (χ1n) is 7.89. The molecule has 5 unspecified atom stereocenters. The summed E-state index contributed by atoms with van der Waals surface area (Å²) in [6, 6.07) is 3.56. The topological polar surface area (TPSA) is 66.7 Å². The van der Waals surface area contributed by atoms with Crippen LogP contribution in [0.4, 0.5) is 4.39 Å². The summed E-state index contributed by atoms with van der Waals surface area (Å²) in [5, 5.41) is 20.5. The zero-order chi connectivity index (χ0) is 16.9. The van der Waals surface area contributed by atoms with Crippen LogP contribution in [0.1, 0.15) is 66.8 Å². The van der Waals surface area contributed by atoms with Crippen molar-refractivity contribution in [3.8, 4) is 0 Å². The fourth-order valence-corrected chi connectivity index (χ4v) is 3.31. The van der Waals surface area contributed by atoms with Crippen molar-refractivity contribution in [1.82, 2.24) is 0 Å². The third kappa shape index (κ3) is 2.72. The van der Waals surface area contributed by atoms with Gasteiger partial charge in [-0.3, -0.25) is 0 Å². The summed E-state index contributed by atoms with van der Waals surface area (Å²) in [6.07, 6.45) is -0.946. The predicted octanol–water partition coefficient (Wildman–Crippen LogP) is 4.11. The molecular formula is C18H23FO4. The van der Waals surface area contributed by atoms with Gasteiger partial charge in [-0.25, -0.2) is 4.39 Å². The van der Waals surface area contributed by atoms with Gasteiger partial charge >= 0.3 is 0 Å². The van der Waals surface area contributed by atoms with Gasteiger partial charge in [0.05, 0.1) is 6.26 Å². The van der Waals surface area contributed by atoms with Crippen molar-refractivity contribution < 1.29 is 23.4 Å². The summed E-state index contributed by atoms with van der Waals surface area (Å²) < 4.78 is 24.2. The van der Waals surface area contributed by atoms with E-state index in [2.05, 4.69) is 0 Å². The number of furan rings is 2. The second-order valence-electron chi connectivity index (χ2n) is 6.97. The maximum atomic E-state index is 13.3. The van der Waals surface area contributed by atoms with Crippen LogP contribution in [0.2, 0.25) is 0 Å². The lowest BCUT2D eigenvalue weighted by atomic mass is 9.93. The quantitative estimate of drug-likeness (QED) is 0.869. The van der Waals surface area contributed by atoms with E-state index in [1.807, 2.05) is 19.9 Å². The highest BCUT2D eigenvalue weighted by Gasteiger charge is 2.58. The van der Waals surface area contributed by atoms with E-state index in [0.717, 1.165) is 17.5 Å². The average molecular weight is 322 g/mol. The zero-order valence-electron chi connectivity index (χ0n) is 13.8. The van der Waals surface area contributed by atoms with E-state index in [-0.39, 0.29) is 17.1 Å². The highest BCUT2D eigenvalue weighted by molar-refractivity contribution is 5.36. The van der Waals surface area contributed by atoms with E-state index >= 15 is 0 Å². The average Bonchev–Trinajstić information content (AvgIpc) is 2.84. The Hall–Kier alpha value is -1.59. The van der Waals surface area contributed by atoms with Gasteiger partial charge in [0.2, 0.25) is 0 Å². The Morgan fingerprint density at radius 2 is 1.96 bits per heavy atom. The summed E-state index contributed by atoms with van der Waals surface area (Å²) in [6.45, 7) is 7.02. The monoisotopic (exact) mass is 322 g/mol. The molecule has 1 fully saturated rings. The minimum Gasteiger partial charge on any atom is -0.466 e.